The third kappa shape index (κ3) is 1.68. The van der Waals surface area contributed by atoms with Gasteiger partial charge >= 0.3 is 5.97 Å². The van der Waals surface area contributed by atoms with Crippen LogP contribution in [0.3, 0.4) is 0 Å². The number of benzene rings is 2. The molecule has 0 bridgehead atoms. The van der Waals surface area contributed by atoms with Crippen molar-refractivity contribution in [2.24, 2.45) is 0 Å². The van der Waals surface area contributed by atoms with Gasteiger partial charge in [-0.05, 0) is 18.2 Å². The number of rotatable bonds is 2. The van der Waals surface area contributed by atoms with E-state index in [0.29, 0.717) is 11.1 Å². The van der Waals surface area contributed by atoms with Gasteiger partial charge in [-0.2, -0.15) is 0 Å². The molecule has 5 heteroatoms. The number of nitrogens with zero attached hydrogens (tertiary/aromatic N) is 1. The van der Waals surface area contributed by atoms with Gasteiger partial charge in [0, 0.05) is 11.1 Å². The number of aromatic carboxylic acids is 1. The summed E-state index contributed by atoms with van der Waals surface area (Å²) in [5.41, 5.74) is 1.04. The van der Waals surface area contributed by atoms with Crippen molar-refractivity contribution in [3.63, 3.8) is 0 Å². The van der Waals surface area contributed by atoms with Crippen LogP contribution in [0.1, 0.15) is 32.5 Å². The van der Waals surface area contributed by atoms with E-state index in [4.69, 9.17) is 0 Å². The molecule has 1 aliphatic heterocycles. The molecule has 1 aliphatic rings. The number of amides is 1. The molecule has 0 unspecified atom stereocenters. The zero-order chi connectivity index (χ0) is 14.3. The van der Waals surface area contributed by atoms with Gasteiger partial charge in [-0.1, -0.05) is 30.3 Å². The molecule has 0 radical (unpaired) electrons. The van der Waals surface area contributed by atoms with Crippen molar-refractivity contribution in [2.45, 2.75) is 6.23 Å². The molecule has 0 spiro atoms. The number of carbonyl (C=O) groups excluding carboxylic acids is 1. The van der Waals surface area contributed by atoms with Crippen LogP contribution < -0.4 is 4.90 Å². The lowest BCUT2D eigenvalue weighted by Crippen LogP contribution is -2.29. The van der Waals surface area contributed by atoms with Crippen LogP contribution in [0.15, 0.2) is 48.5 Å². The first-order chi connectivity index (χ1) is 9.61. The van der Waals surface area contributed by atoms with E-state index in [9.17, 15) is 19.8 Å². The van der Waals surface area contributed by atoms with Gasteiger partial charge in [0.2, 0.25) is 0 Å². The van der Waals surface area contributed by atoms with Crippen LogP contribution in [-0.4, -0.2) is 22.1 Å². The monoisotopic (exact) mass is 269 g/mol. The number of aliphatic hydroxyl groups excluding tert-OH is 1. The Morgan fingerprint density at radius 2 is 1.70 bits per heavy atom. The lowest BCUT2D eigenvalue weighted by molar-refractivity contribution is 0.0697. The second-order valence-corrected chi connectivity index (χ2v) is 4.46. The molecule has 5 nitrogen and oxygen atoms in total. The molecule has 100 valence electrons. The highest BCUT2D eigenvalue weighted by molar-refractivity contribution is 6.13. The summed E-state index contributed by atoms with van der Waals surface area (Å²) in [6.07, 6.45) is -1.17. The third-order valence-corrected chi connectivity index (χ3v) is 3.33. The Kier molecular flexibility index (Phi) is 2.76. The summed E-state index contributed by atoms with van der Waals surface area (Å²) in [6, 6.07) is 12.8. The Hall–Kier alpha value is -2.66. The molecule has 2 aromatic carbocycles. The first kappa shape index (κ1) is 12.4. The molecule has 0 saturated heterocycles. The second-order valence-electron chi connectivity index (χ2n) is 4.46. The van der Waals surface area contributed by atoms with Crippen LogP contribution in [-0.2, 0) is 0 Å². The maximum absolute atomic E-state index is 12.4. The predicted molar refractivity (Wildman–Crippen MR) is 71.6 cm³/mol. The number of carboxylic acid groups (broad SMARTS) is 1. The number of carboxylic acids is 1. The second kappa shape index (κ2) is 4.47. The first-order valence-corrected chi connectivity index (χ1v) is 6.04. The van der Waals surface area contributed by atoms with E-state index in [1.54, 1.807) is 36.4 Å². The Morgan fingerprint density at radius 3 is 2.40 bits per heavy atom. The van der Waals surface area contributed by atoms with Crippen molar-refractivity contribution >= 4 is 17.6 Å². The fraction of sp³-hybridized carbons (Fsp3) is 0.0667. The molecule has 0 fully saturated rings. The maximum atomic E-state index is 12.4. The number of carbonyl (C=O) groups is 2. The van der Waals surface area contributed by atoms with Crippen LogP contribution in [0.4, 0.5) is 5.69 Å². The third-order valence-electron chi connectivity index (χ3n) is 3.33. The highest BCUT2D eigenvalue weighted by Crippen LogP contribution is 2.37. The quantitative estimate of drug-likeness (QED) is 0.874. The Morgan fingerprint density at radius 1 is 1.05 bits per heavy atom. The van der Waals surface area contributed by atoms with E-state index >= 15 is 0 Å². The fourth-order valence-electron chi connectivity index (χ4n) is 2.40. The van der Waals surface area contributed by atoms with Crippen molar-refractivity contribution < 1.29 is 19.8 Å². The molecule has 20 heavy (non-hydrogen) atoms. The van der Waals surface area contributed by atoms with Crippen LogP contribution in [0.2, 0.25) is 0 Å². The fourth-order valence-corrected chi connectivity index (χ4v) is 2.40. The van der Waals surface area contributed by atoms with E-state index in [0.717, 1.165) is 4.90 Å². The van der Waals surface area contributed by atoms with E-state index in [1.165, 1.54) is 12.1 Å². The molecule has 3 rings (SSSR count). The van der Waals surface area contributed by atoms with Gasteiger partial charge in [0.15, 0.2) is 6.23 Å². The SMILES string of the molecule is O=C(O)c1ccccc1N1C(=O)c2ccccc2[C@H]1O. The molecule has 0 aliphatic carbocycles. The van der Waals surface area contributed by atoms with Crippen molar-refractivity contribution in [3.8, 4) is 0 Å². The zero-order valence-corrected chi connectivity index (χ0v) is 10.4. The molecular weight excluding hydrogens is 258 g/mol. The van der Waals surface area contributed by atoms with Crippen molar-refractivity contribution in [3.05, 3.63) is 65.2 Å². The standard InChI is InChI=1S/C15H11NO4/c17-13-9-5-1-2-6-10(9)14(18)16(13)12-8-4-3-7-11(12)15(19)20/h1-8,13,17H,(H,19,20)/t13-/m1/s1. The average Bonchev–Trinajstić information content (AvgIpc) is 2.71. The Bertz CT molecular complexity index is 711. The summed E-state index contributed by atoms with van der Waals surface area (Å²) in [7, 11) is 0. The highest BCUT2D eigenvalue weighted by atomic mass is 16.4. The van der Waals surface area contributed by atoms with Crippen LogP contribution >= 0.6 is 0 Å². The van der Waals surface area contributed by atoms with Crippen molar-refractivity contribution in [2.75, 3.05) is 4.90 Å². The van der Waals surface area contributed by atoms with Gasteiger partial charge in [-0.15, -0.1) is 0 Å². The zero-order valence-electron chi connectivity index (χ0n) is 10.4. The number of anilines is 1. The lowest BCUT2D eigenvalue weighted by Gasteiger charge is -2.22. The minimum Gasteiger partial charge on any atom is -0.478 e. The number of hydrogen-bond donors (Lipinski definition) is 2. The topological polar surface area (TPSA) is 77.8 Å². The number of aliphatic hydroxyl groups is 1. The number of para-hydroxylation sites is 1. The summed E-state index contributed by atoms with van der Waals surface area (Å²) in [5.74, 6) is -1.54. The first-order valence-electron chi connectivity index (χ1n) is 6.04. The molecule has 0 aromatic heterocycles. The summed E-state index contributed by atoms with van der Waals surface area (Å²) in [5, 5.41) is 19.5. The summed E-state index contributed by atoms with van der Waals surface area (Å²) < 4.78 is 0. The summed E-state index contributed by atoms with van der Waals surface area (Å²) in [6.45, 7) is 0. The van der Waals surface area contributed by atoms with E-state index in [2.05, 4.69) is 0 Å². The molecular formula is C15H11NO4. The van der Waals surface area contributed by atoms with Gasteiger partial charge < -0.3 is 10.2 Å². The molecule has 1 atom stereocenters. The molecule has 2 N–H and O–H groups in total. The van der Waals surface area contributed by atoms with Gasteiger partial charge in [-0.25, -0.2) is 4.79 Å². The summed E-state index contributed by atoms with van der Waals surface area (Å²) in [4.78, 5) is 24.7. The largest absolute Gasteiger partial charge is 0.478 e. The Balaban J connectivity index is 2.14. The lowest BCUT2D eigenvalue weighted by atomic mass is 10.1. The average molecular weight is 269 g/mol. The van der Waals surface area contributed by atoms with Gasteiger partial charge in [0.05, 0.1) is 11.3 Å². The number of fused-ring (bicyclic) bond motifs is 1. The van der Waals surface area contributed by atoms with Crippen LogP contribution in [0.5, 0.6) is 0 Å². The molecule has 1 heterocycles. The minimum absolute atomic E-state index is 0.0206. The van der Waals surface area contributed by atoms with E-state index in [-0.39, 0.29) is 11.3 Å². The molecule has 1 amide bonds. The smallest absolute Gasteiger partial charge is 0.337 e. The normalized spacial score (nSPS) is 17.1. The van der Waals surface area contributed by atoms with E-state index in [1.807, 2.05) is 0 Å². The molecule has 0 saturated carbocycles. The Labute approximate surface area is 114 Å². The predicted octanol–water partition coefficient (Wildman–Crippen LogP) is 2.04. The number of hydrogen-bond acceptors (Lipinski definition) is 3. The van der Waals surface area contributed by atoms with E-state index < -0.39 is 18.1 Å². The maximum Gasteiger partial charge on any atom is 0.337 e. The highest BCUT2D eigenvalue weighted by Gasteiger charge is 2.37. The van der Waals surface area contributed by atoms with Crippen molar-refractivity contribution in [1.29, 1.82) is 0 Å². The van der Waals surface area contributed by atoms with Gasteiger partial charge in [0.25, 0.3) is 5.91 Å². The summed E-state index contributed by atoms with van der Waals surface area (Å²) >= 11 is 0. The van der Waals surface area contributed by atoms with Crippen LogP contribution in [0.25, 0.3) is 0 Å². The van der Waals surface area contributed by atoms with Crippen LogP contribution in [0, 0.1) is 0 Å². The minimum atomic E-state index is -1.17. The van der Waals surface area contributed by atoms with Gasteiger partial charge in [-0.3, -0.25) is 9.69 Å². The molecule has 2 aromatic rings. The van der Waals surface area contributed by atoms with Crippen molar-refractivity contribution in [1.82, 2.24) is 0 Å². The van der Waals surface area contributed by atoms with Gasteiger partial charge in [0.1, 0.15) is 0 Å².